The minimum Gasteiger partial charge on any atom is -0.360 e. The van der Waals surface area contributed by atoms with Crippen LogP contribution in [0.1, 0.15) is 64.9 Å². The van der Waals surface area contributed by atoms with Crippen molar-refractivity contribution in [3.63, 3.8) is 0 Å². The Morgan fingerprint density at radius 1 is 1.00 bits per heavy atom. The molecule has 0 spiro atoms. The lowest BCUT2D eigenvalue weighted by molar-refractivity contribution is -0.112. The third-order valence-electron chi connectivity index (χ3n) is 8.16. The van der Waals surface area contributed by atoms with Gasteiger partial charge in [0.2, 0.25) is 0 Å². The Hall–Kier alpha value is -1.13. The van der Waals surface area contributed by atoms with Crippen molar-refractivity contribution in [2.45, 2.75) is 84.0 Å². The third kappa shape index (κ3) is 4.09. The Labute approximate surface area is 176 Å². The molecule has 2 bridgehead atoms. The van der Waals surface area contributed by atoms with Crippen LogP contribution in [-0.2, 0) is 6.54 Å². The van der Waals surface area contributed by atoms with E-state index in [1.54, 1.807) is 0 Å². The molecule has 0 aliphatic heterocycles. The maximum absolute atomic E-state index is 5.76. The molecule has 6 atom stereocenters. The minimum absolute atomic E-state index is 0.433. The van der Waals surface area contributed by atoms with Crippen LogP contribution >= 0.6 is 12.2 Å². The Balaban J connectivity index is 1.29. The lowest BCUT2D eigenvalue weighted by atomic mass is 9.45. The highest BCUT2D eigenvalue weighted by Crippen LogP contribution is 2.61. The quantitative estimate of drug-likeness (QED) is 0.631. The number of rotatable bonds is 5. The van der Waals surface area contributed by atoms with Crippen LogP contribution in [0, 0.1) is 23.2 Å². The van der Waals surface area contributed by atoms with Crippen LogP contribution in [0.25, 0.3) is 0 Å². The topological polar surface area (TPSA) is 36.1 Å². The van der Waals surface area contributed by atoms with Crippen LogP contribution in [-0.4, -0.2) is 23.2 Å². The van der Waals surface area contributed by atoms with Gasteiger partial charge in [-0.3, -0.25) is 0 Å². The molecule has 0 unspecified atom stereocenters. The summed E-state index contributed by atoms with van der Waals surface area (Å²) in [5, 5.41) is 12.0. The number of nitrogens with one attached hydrogen (secondary N) is 3. The summed E-state index contributed by atoms with van der Waals surface area (Å²) in [5.74, 6) is 2.42. The average molecular weight is 400 g/mol. The van der Waals surface area contributed by atoms with Crippen molar-refractivity contribution in [3.8, 4) is 0 Å². The van der Waals surface area contributed by atoms with Gasteiger partial charge in [-0.1, -0.05) is 63.9 Å². The van der Waals surface area contributed by atoms with Crippen molar-refractivity contribution in [1.29, 1.82) is 0 Å². The Bertz CT molecular complexity index is 674. The van der Waals surface area contributed by atoms with Gasteiger partial charge >= 0.3 is 0 Å². The molecule has 0 saturated heterocycles. The summed E-state index contributed by atoms with van der Waals surface area (Å²) in [6.45, 7) is 8.27. The van der Waals surface area contributed by atoms with Crippen molar-refractivity contribution < 1.29 is 0 Å². The molecule has 3 N–H and O–H groups in total. The van der Waals surface area contributed by atoms with E-state index in [0.29, 0.717) is 29.5 Å². The summed E-state index contributed by atoms with van der Waals surface area (Å²) in [6, 6.07) is 12.2. The maximum Gasteiger partial charge on any atom is 0.166 e. The highest BCUT2D eigenvalue weighted by atomic mass is 32.1. The van der Waals surface area contributed by atoms with Gasteiger partial charge in [-0.25, -0.2) is 0 Å². The molecule has 0 aromatic heterocycles. The molecular weight excluding hydrogens is 362 g/mol. The number of hydrogen-bond acceptors (Lipinski definition) is 2. The minimum atomic E-state index is 0.433. The fraction of sp³-hybridized carbons (Fsp3) is 0.708. The maximum atomic E-state index is 5.76. The first-order valence-electron chi connectivity index (χ1n) is 11.3. The largest absolute Gasteiger partial charge is 0.360 e. The highest BCUT2D eigenvalue weighted by Gasteiger charge is 2.56. The van der Waals surface area contributed by atoms with Gasteiger partial charge in [-0.05, 0) is 66.6 Å². The second kappa shape index (κ2) is 8.31. The van der Waals surface area contributed by atoms with Gasteiger partial charge in [0.15, 0.2) is 5.11 Å². The van der Waals surface area contributed by atoms with Crippen molar-refractivity contribution in [3.05, 3.63) is 35.9 Å². The number of thiocarbonyl (C=S) groups is 1. The van der Waals surface area contributed by atoms with Crippen molar-refractivity contribution in [2.24, 2.45) is 23.2 Å². The van der Waals surface area contributed by atoms with Crippen LogP contribution < -0.4 is 16.0 Å². The van der Waals surface area contributed by atoms with Gasteiger partial charge in [-0.15, -0.1) is 0 Å². The summed E-state index contributed by atoms with van der Waals surface area (Å²) in [6.07, 6.45) is 7.72. The van der Waals surface area contributed by atoms with E-state index < -0.39 is 0 Å². The molecular formula is C24H37N3S. The highest BCUT2D eigenvalue weighted by molar-refractivity contribution is 7.80. The lowest BCUT2D eigenvalue weighted by Crippen LogP contribution is -2.62. The number of fused-ring (bicyclic) bond motifs is 2. The Morgan fingerprint density at radius 3 is 2.36 bits per heavy atom. The molecule has 1 aromatic carbocycles. The van der Waals surface area contributed by atoms with E-state index in [0.717, 1.165) is 23.5 Å². The van der Waals surface area contributed by atoms with Crippen LogP contribution in [0.4, 0.5) is 0 Å². The smallest absolute Gasteiger partial charge is 0.166 e. The monoisotopic (exact) mass is 399 g/mol. The first-order chi connectivity index (χ1) is 13.4. The molecule has 0 heterocycles. The van der Waals surface area contributed by atoms with Crippen molar-refractivity contribution in [1.82, 2.24) is 16.0 Å². The predicted octanol–water partition coefficient (Wildman–Crippen LogP) is 4.62. The summed E-state index contributed by atoms with van der Waals surface area (Å²) in [4.78, 5) is 0. The Morgan fingerprint density at radius 2 is 1.68 bits per heavy atom. The van der Waals surface area contributed by atoms with Crippen molar-refractivity contribution >= 4 is 17.3 Å². The zero-order chi connectivity index (χ0) is 19.7. The standard InChI is InChI=1S/C24H37N3S/c1-16-19-13-18(24(19,2)3)14-22(16)27-23(28)26-21-12-8-7-11-20(21)25-15-17-9-5-4-6-10-17/h4-6,9-10,16,18-22,25H,7-8,11-15H2,1-3H3,(H2,26,27,28)/t16-,18+,19+,20+,21+,22+/m0/s1. The second-order valence-electron chi connectivity index (χ2n) is 10.0. The molecule has 4 aliphatic carbocycles. The van der Waals surface area contributed by atoms with Gasteiger partial charge in [0, 0.05) is 24.7 Å². The molecule has 5 rings (SSSR count). The molecule has 3 nitrogen and oxygen atoms in total. The lowest BCUT2D eigenvalue weighted by Gasteiger charge is -2.62. The second-order valence-corrected chi connectivity index (χ2v) is 10.5. The van der Waals surface area contributed by atoms with Crippen LogP contribution in [0.2, 0.25) is 0 Å². The van der Waals surface area contributed by atoms with Crippen LogP contribution in [0.3, 0.4) is 0 Å². The molecule has 154 valence electrons. The average Bonchev–Trinajstić information content (AvgIpc) is 2.69. The summed E-state index contributed by atoms with van der Waals surface area (Å²) in [7, 11) is 0. The van der Waals surface area contributed by atoms with E-state index in [1.165, 1.54) is 44.1 Å². The normalized spacial score (nSPS) is 36.2. The van der Waals surface area contributed by atoms with E-state index in [9.17, 15) is 0 Å². The summed E-state index contributed by atoms with van der Waals surface area (Å²) < 4.78 is 0. The number of hydrogen-bond donors (Lipinski definition) is 3. The van der Waals surface area contributed by atoms with Crippen LogP contribution in [0.5, 0.6) is 0 Å². The SMILES string of the molecule is C[C@H]1[C@H]2C[C@H](C[C@H]1NC(=S)N[C@@H]1CCCC[C@H]1NCc1ccccc1)C2(C)C. The third-order valence-corrected chi connectivity index (χ3v) is 8.40. The molecule has 4 aliphatic rings. The van der Waals surface area contributed by atoms with E-state index in [1.807, 2.05) is 0 Å². The molecule has 1 aromatic rings. The first kappa shape index (κ1) is 20.2. The molecule has 28 heavy (non-hydrogen) atoms. The zero-order valence-electron chi connectivity index (χ0n) is 17.7. The zero-order valence-corrected chi connectivity index (χ0v) is 18.5. The summed E-state index contributed by atoms with van der Waals surface area (Å²) in [5.41, 5.74) is 1.88. The van der Waals surface area contributed by atoms with Gasteiger partial charge in [0.25, 0.3) is 0 Å². The molecule has 4 saturated carbocycles. The van der Waals surface area contributed by atoms with Crippen molar-refractivity contribution in [2.75, 3.05) is 0 Å². The fourth-order valence-corrected chi connectivity index (χ4v) is 6.41. The molecule has 0 amide bonds. The van der Waals surface area contributed by atoms with E-state index in [-0.39, 0.29) is 0 Å². The van der Waals surface area contributed by atoms with Gasteiger partial charge < -0.3 is 16.0 Å². The van der Waals surface area contributed by atoms with Gasteiger partial charge in [-0.2, -0.15) is 0 Å². The van der Waals surface area contributed by atoms with Crippen LogP contribution in [0.15, 0.2) is 30.3 Å². The Kier molecular flexibility index (Phi) is 5.98. The molecule has 0 radical (unpaired) electrons. The van der Waals surface area contributed by atoms with Gasteiger partial charge in [0.05, 0.1) is 0 Å². The molecule has 4 heteroatoms. The molecule has 4 fully saturated rings. The van der Waals surface area contributed by atoms with E-state index in [4.69, 9.17) is 12.2 Å². The number of benzene rings is 1. The van der Waals surface area contributed by atoms with E-state index in [2.05, 4.69) is 67.1 Å². The first-order valence-corrected chi connectivity index (χ1v) is 11.7. The predicted molar refractivity (Wildman–Crippen MR) is 121 cm³/mol. The van der Waals surface area contributed by atoms with E-state index >= 15 is 0 Å². The summed E-state index contributed by atoms with van der Waals surface area (Å²) >= 11 is 5.76. The van der Waals surface area contributed by atoms with Gasteiger partial charge in [0.1, 0.15) is 0 Å². The fourth-order valence-electron chi connectivity index (χ4n) is 6.11.